The molecule has 0 aliphatic carbocycles. The van der Waals surface area contributed by atoms with Gasteiger partial charge in [0.15, 0.2) is 0 Å². The second-order valence-electron chi connectivity index (χ2n) is 9.46. The number of carboxylic acid groups (broad SMARTS) is 1. The summed E-state index contributed by atoms with van der Waals surface area (Å²) in [6.45, 7) is 2.77. The summed E-state index contributed by atoms with van der Waals surface area (Å²) in [5, 5.41) is 19.8. The maximum Gasteiger partial charge on any atom is 0.408 e. The predicted molar refractivity (Wildman–Crippen MR) is 150 cm³/mol. The van der Waals surface area contributed by atoms with Gasteiger partial charge in [-0.2, -0.15) is 0 Å². The van der Waals surface area contributed by atoms with Gasteiger partial charge in [-0.15, -0.1) is 0 Å². The first-order chi connectivity index (χ1) is 19.5. The number of carbonyl (C=O) groups is 6. The Morgan fingerprint density at radius 2 is 1.46 bits per heavy atom. The van der Waals surface area contributed by atoms with Gasteiger partial charge in [-0.1, -0.05) is 42.5 Å². The number of amides is 3. The van der Waals surface area contributed by atoms with Gasteiger partial charge in [-0.25, -0.2) is 9.59 Å². The molecule has 0 aromatic heterocycles. The van der Waals surface area contributed by atoms with Crippen molar-refractivity contribution in [2.75, 3.05) is 18.4 Å². The fourth-order valence-corrected chi connectivity index (χ4v) is 3.64. The highest BCUT2D eigenvalue weighted by atomic mass is 16.5. The second-order valence-corrected chi connectivity index (χ2v) is 9.46. The summed E-state index contributed by atoms with van der Waals surface area (Å²) in [5.74, 6) is -2.85. The quantitative estimate of drug-likeness (QED) is 0.191. The van der Waals surface area contributed by atoms with E-state index in [1.165, 1.54) is 13.8 Å². The van der Waals surface area contributed by atoms with Gasteiger partial charge < -0.3 is 35.9 Å². The monoisotopic (exact) mass is 568 g/mol. The lowest BCUT2D eigenvalue weighted by Gasteiger charge is -2.19. The van der Waals surface area contributed by atoms with Crippen LogP contribution >= 0.6 is 0 Å². The van der Waals surface area contributed by atoms with Crippen molar-refractivity contribution >= 4 is 41.1 Å². The molecule has 0 aliphatic heterocycles. The third-order valence-corrected chi connectivity index (χ3v) is 5.86. The van der Waals surface area contributed by atoms with Gasteiger partial charge in [0.25, 0.3) is 0 Å². The summed E-state index contributed by atoms with van der Waals surface area (Å²) in [7, 11) is 0. The highest BCUT2D eigenvalue weighted by molar-refractivity contribution is 5.91. The maximum absolute atomic E-state index is 12.7. The summed E-state index contributed by atoms with van der Waals surface area (Å²) in [6, 6.07) is 13.4. The van der Waals surface area contributed by atoms with E-state index in [9.17, 15) is 33.9 Å². The average molecular weight is 569 g/mol. The minimum Gasteiger partial charge on any atom is -0.480 e. The van der Waals surface area contributed by atoms with E-state index in [4.69, 9.17) is 4.74 Å². The molecule has 0 spiro atoms. The summed E-state index contributed by atoms with van der Waals surface area (Å²) < 4.78 is 5.14. The molecule has 2 atom stereocenters. The molecule has 12 heteroatoms. The van der Waals surface area contributed by atoms with Gasteiger partial charge in [0, 0.05) is 31.5 Å². The maximum atomic E-state index is 12.7. The number of nitrogens with one attached hydrogen (secondary N) is 4. The summed E-state index contributed by atoms with van der Waals surface area (Å²) in [5.41, 5.74) is 2.17. The molecule has 2 aromatic rings. The van der Waals surface area contributed by atoms with Crippen LogP contribution in [0.5, 0.6) is 0 Å². The van der Waals surface area contributed by atoms with Crippen LogP contribution in [0.15, 0.2) is 54.6 Å². The molecule has 0 unspecified atom stereocenters. The van der Waals surface area contributed by atoms with Crippen LogP contribution in [0.25, 0.3) is 0 Å². The fourth-order valence-electron chi connectivity index (χ4n) is 3.64. The van der Waals surface area contributed by atoms with Crippen LogP contribution in [-0.4, -0.2) is 65.7 Å². The number of alkyl carbamates (subject to hydrolysis) is 1. The first-order valence-corrected chi connectivity index (χ1v) is 13.1. The fraction of sp³-hybridized carbons (Fsp3) is 0.379. The van der Waals surface area contributed by atoms with Crippen molar-refractivity contribution in [1.82, 2.24) is 16.0 Å². The van der Waals surface area contributed by atoms with Gasteiger partial charge in [0.2, 0.25) is 11.8 Å². The Hall–Kier alpha value is -4.74. The lowest BCUT2D eigenvalue weighted by molar-refractivity contribution is -0.141. The zero-order valence-corrected chi connectivity index (χ0v) is 23.1. The number of benzene rings is 2. The van der Waals surface area contributed by atoms with Crippen LogP contribution < -0.4 is 21.3 Å². The van der Waals surface area contributed by atoms with Crippen molar-refractivity contribution in [2.24, 2.45) is 0 Å². The lowest BCUT2D eigenvalue weighted by Crippen LogP contribution is -2.51. The van der Waals surface area contributed by atoms with Gasteiger partial charge in [0.1, 0.15) is 30.3 Å². The Labute approximate surface area is 238 Å². The number of hydrogen-bond donors (Lipinski definition) is 5. The van der Waals surface area contributed by atoms with E-state index in [0.29, 0.717) is 18.5 Å². The number of ether oxygens (including phenoxy) is 1. The summed E-state index contributed by atoms with van der Waals surface area (Å²) in [4.78, 5) is 71.7. The van der Waals surface area contributed by atoms with E-state index in [1.54, 1.807) is 48.5 Å². The van der Waals surface area contributed by atoms with Crippen LogP contribution in [-0.2, 0) is 41.7 Å². The normalized spacial score (nSPS) is 11.9. The Balaban J connectivity index is 1.88. The Bertz CT molecular complexity index is 1200. The van der Waals surface area contributed by atoms with Crippen molar-refractivity contribution in [1.29, 1.82) is 0 Å². The SMILES string of the molecule is CC(=O)CCNc1ccc(C[C@H](NC(=O)CNC(=O)[C@H](CCC(C)=O)NC(=O)OCc2ccccc2)C(=O)O)cc1. The number of aliphatic carboxylic acids is 1. The molecule has 0 aliphatic rings. The second kappa shape index (κ2) is 17.1. The molecule has 0 radical (unpaired) electrons. The van der Waals surface area contributed by atoms with Crippen LogP contribution in [0.4, 0.5) is 10.5 Å². The molecule has 3 amide bonds. The molecule has 0 fully saturated rings. The molecule has 0 heterocycles. The van der Waals surface area contributed by atoms with E-state index in [0.717, 1.165) is 11.3 Å². The Morgan fingerprint density at radius 3 is 2.07 bits per heavy atom. The van der Waals surface area contributed by atoms with Crippen LogP contribution in [0.1, 0.15) is 44.2 Å². The third kappa shape index (κ3) is 13.2. The van der Waals surface area contributed by atoms with Gasteiger partial charge in [-0.05, 0) is 43.5 Å². The number of carboxylic acids is 1. The van der Waals surface area contributed by atoms with E-state index < -0.39 is 42.5 Å². The summed E-state index contributed by atoms with van der Waals surface area (Å²) >= 11 is 0. The van der Waals surface area contributed by atoms with Crippen molar-refractivity contribution in [3.8, 4) is 0 Å². The molecular formula is C29H36N4O8. The van der Waals surface area contributed by atoms with Crippen LogP contribution in [0.3, 0.4) is 0 Å². The summed E-state index contributed by atoms with van der Waals surface area (Å²) in [6.07, 6.45) is -0.487. The Morgan fingerprint density at radius 1 is 0.805 bits per heavy atom. The molecule has 0 bridgehead atoms. The smallest absolute Gasteiger partial charge is 0.408 e. The molecule has 2 rings (SSSR count). The van der Waals surface area contributed by atoms with Gasteiger partial charge in [-0.3, -0.25) is 14.4 Å². The van der Waals surface area contributed by atoms with Gasteiger partial charge >= 0.3 is 12.1 Å². The molecular weight excluding hydrogens is 532 g/mol. The minimum absolute atomic E-state index is 0.00120. The van der Waals surface area contributed by atoms with Gasteiger partial charge in [0.05, 0.1) is 6.54 Å². The molecule has 220 valence electrons. The van der Waals surface area contributed by atoms with E-state index in [-0.39, 0.29) is 37.4 Å². The topological polar surface area (TPSA) is 180 Å². The van der Waals surface area contributed by atoms with Crippen molar-refractivity contribution in [2.45, 2.75) is 58.2 Å². The number of Topliss-reactive ketones (excluding diaryl/α,β-unsaturated/α-hetero) is 2. The average Bonchev–Trinajstić information content (AvgIpc) is 2.93. The zero-order chi connectivity index (χ0) is 30.2. The largest absolute Gasteiger partial charge is 0.480 e. The molecule has 12 nitrogen and oxygen atoms in total. The van der Waals surface area contributed by atoms with E-state index >= 15 is 0 Å². The number of carbonyl (C=O) groups excluding carboxylic acids is 5. The standard InChI is InChI=1S/C29H36N4O8/c1-19(34)8-13-24(33-29(40)41-18-22-6-4-3-5-7-22)27(37)31-17-26(36)32-25(28(38)39)16-21-9-11-23(12-10-21)30-15-14-20(2)35/h3-7,9-12,24-25,30H,8,13-18H2,1-2H3,(H,31,37)(H,32,36)(H,33,40)(H,38,39)/t24-,25-/m0/s1. The molecule has 0 saturated carbocycles. The van der Waals surface area contributed by atoms with E-state index in [1.807, 2.05) is 6.07 Å². The predicted octanol–water partition coefficient (Wildman–Crippen LogP) is 1.97. The third-order valence-electron chi connectivity index (χ3n) is 5.86. The van der Waals surface area contributed by atoms with Crippen LogP contribution in [0.2, 0.25) is 0 Å². The highest BCUT2D eigenvalue weighted by Gasteiger charge is 2.24. The molecule has 0 saturated heterocycles. The van der Waals surface area contributed by atoms with E-state index in [2.05, 4.69) is 21.3 Å². The molecule has 5 N–H and O–H groups in total. The van der Waals surface area contributed by atoms with Crippen LogP contribution in [0, 0.1) is 0 Å². The zero-order valence-electron chi connectivity index (χ0n) is 23.1. The molecule has 41 heavy (non-hydrogen) atoms. The first-order valence-electron chi connectivity index (χ1n) is 13.1. The van der Waals surface area contributed by atoms with Crippen molar-refractivity contribution in [3.05, 3.63) is 65.7 Å². The number of ketones is 2. The van der Waals surface area contributed by atoms with Crippen molar-refractivity contribution < 1.29 is 38.6 Å². The molecule has 2 aromatic carbocycles. The number of hydrogen-bond acceptors (Lipinski definition) is 8. The minimum atomic E-state index is -1.25. The lowest BCUT2D eigenvalue weighted by atomic mass is 10.1. The van der Waals surface area contributed by atoms with Crippen molar-refractivity contribution in [3.63, 3.8) is 0 Å². The number of rotatable bonds is 17. The number of anilines is 1. The Kier molecular flexibility index (Phi) is 13.5. The highest BCUT2D eigenvalue weighted by Crippen LogP contribution is 2.12. The first kappa shape index (κ1) is 32.5.